The van der Waals surface area contributed by atoms with E-state index in [-0.39, 0.29) is 0 Å². The minimum absolute atomic E-state index is 0.890. The molecule has 3 fully saturated rings. The third-order valence-corrected chi connectivity index (χ3v) is 5.72. The summed E-state index contributed by atoms with van der Waals surface area (Å²) in [6.07, 6.45) is 11.3. The van der Waals surface area contributed by atoms with Crippen molar-refractivity contribution in [2.75, 3.05) is 31.1 Å². The molecule has 4 rings (SSSR count). The first kappa shape index (κ1) is 12.6. The maximum Gasteiger partial charge on any atom is 0.0397 e. The largest absolute Gasteiger partial charge is 0.369 e. The van der Waals surface area contributed by atoms with Gasteiger partial charge in [0.25, 0.3) is 0 Å². The molecule has 0 amide bonds. The molecule has 108 valence electrons. The molecule has 3 heteroatoms. The van der Waals surface area contributed by atoms with Gasteiger partial charge in [-0.1, -0.05) is 12.8 Å². The molecule has 3 aliphatic rings. The summed E-state index contributed by atoms with van der Waals surface area (Å²) >= 11 is 0. The van der Waals surface area contributed by atoms with Crippen molar-refractivity contribution in [1.82, 2.24) is 9.88 Å². The zero-order chi connectivity index (χ0) is 13.4. The molecule has 3 nitrogen and oxygen atoms in total. The van der Waals surface area contributed by atoms with Crippen LogP contribution >= 0.6 is 0 Å². The van der Waals surface area contributed by atoms with Crippen molar-refractivity contribution < 1.29 is 0 Å². The lowest BCUT2D eigenvalue weighted by Crippen LogP contribution is -2.51. The Morgan fingerprint density at radius 1 is 0.850 bits per heavy atom. The quantitative estimate of drug-likeness (QED) is 0.824. The van der Waals surface area contributed by atoms with Gasteiger partial charge in [0.05, 0.1) is 0 Å². The molecule has 0 spiro atoms. The molecule has 2 saturated carbocycles. The highest BCUT2D eigenvalue weighted by Crippen LogP contribution is 2.43. The van der Waals surface area contributed by atoms with Gasteiger partial charge in [-0.05, 0) is 43.2 Å². The number of piperazine rings is 1. The van der Waals surface area contributed by atoms with E-state index >= 15 is 0 Å². The van der Waals surface area contributed by atoms with Gasteiger partial charge in [0.2, 0.25) is 0 Å². The first-order chi connectivity index (χ1) is 9.88. The summed E-state index contributed by atoms with van der Waals surface area (Å²) in [5.74, 6) is 2.11. The lowest BCUT2D eigenvalue weighted by molar-refractivity contribution is 0.119. The van der Waals surface area contributed by atoms with Gasteiger partial charge in [-0.25, -0.2) is 0 Å². The second kappa shape index (κ2) is 5.36. The number of fused-ring (bicyclic) bond motifs is 2. The Labute approximate surface area is 122 Å². The highest BCUT2D eigenvalue weighted by Gasteiger charge is 2.37. The van der Waals surface area contributed by atoms with Crippen LogP contribution in [0, 0.1) is 11.8 Å². The second-order valence-corrected chi connectivity index (χ2v) is 6.90. The van der Waals surface area contributed by atoms with Gasteiger partial charge in [0.1, 0.15) is 0 Å². The van der Waals surface area contributed by atoms with Crippen LogP contribution in [0.1, 0.15) is 32.1 Å². The summed E-state index contributed by atoms with van der Waals surface area (Å²) in [4.78, 5) is 9.40. The maximum atomic E-state index is 4.12. The van der Waals surface area contributed by atoms with E-state index in [4.69, 9.17) is 0 Å². The van der Waals surface area contributed by atoms with Gasteiger partial charge in [0.15, 0.2) is 0 Å². The molecule has 2 heterocycles. The molecule has 1 aromatic rings. The normalized spacial score (nSPS) is 34.4. The number of nitrogens with zero attached hydrogens (tertiary/aromatic N) is 3. The van der Waals surface area contributed by atoms with E-state index in [1.807, 2.05) is 12.4 Å². The Bertz CT molecular complexity index is 427. The highest BCUT2D eigenvalue weighted by atomic mass is 15.3. The Morgan fingerprint density at radius 3 is 2.15 bits per heavy atom. The van der Waals surface area contributed by atoms with Crippen molar-refractivity contribution in [2.24, 2.45) is 11.8 Å². The molecule has 0 radical (unpaired) electrons. The molecular weight excluding hydrogens is 246 g/mol. The number of aromatic nitrogens is 1. The zero-order valence-corrected chi connectivity index (χ0v) is 12.2. The third kappa shape index (κ3) is 2.44. The number of rotatable bonds is 2. The number of anilines is 1. The summed E-state index contributed by atoms with van der Waals surface area (Å²) in [5, 5.41) is 0. The summed E-state index contributed by atoms with van der Waals surface area (Å²) < 4.78 is 0. The average Bonchev–Trinajstić information content (AvgIpc) is 2.87. The van der Waals surface area contributed by atoms with E-state index in [0.29, 0.717) is 0 Å². The topological polar surface area (TPSA) is 19.4 Å². The van der Waals surface area contributed by atoms with Gasteiger partial charge in [-0.3, -0.25) is 9.88 Å². The lowest BCUT2D eigenvalue weighted by Gasteiger charge is -2.43. The number of hydrogen-bond donors (Lipinski definition) is 0. The van der Waals surface area contributed by atoms with Crippen LogP contribution in [-0.2, 0) is 0 Å². The van der Waals surface area contributed by atoms with Gasteiger partial charge < -0.3 is 4.90 Å². The fraction of sp³-hybridized carbons (Fsp3) is 0.706. The minimum atomic E-state index is 0.890. The molecule has 2 bridgehead atoms. The molecule has 2 aliphatic carbocycles. The lowest BCUT2D eigenvalue weighted by atomic mass is 9.84. The van der Waals surface area contributed by atoms with E-state index in [9.17, 15) is 0 Å². The maximum absolute atomic E-state index is 4.12. The monoisotopic (exact) mass is 271 g/mol. The van der Waals surface area contributed by atoms with Crippen LogP contribution in [0.2, 0.25) is 0 Å². The van der Waals surface area contributed by atoms with E-state index in [1.165, 1.54) is 64.0 Å². The molecule has 20 heavy (non-hydrogen) atoms. The second-order valence-electron chi connectivity index (χ2n) is 6.90. The zero-order valence-electron chi connectivity index (χ0n) is 12.2. The summed E-state index contributed by atoms with van der Waals surface area (Å²) in [7, 11) is 0. The summed E-state index contributed by atoms with van der Waals surface area (Å²) in [5.41, 5.74) is 1.34. The average molecular weight is 271 g/mol. The summed E-state index contributed by atoms with van der Waals surface area (Å²) in [6, 6.07) is 5.16. The molecule has 1 aliphatic heterocycles. The standard InChI is InChI=1S/C17H25N3/c1-2-15-11-14(1)12-17(13-15)20-9-7-19(8-10-20)16-3-5-18-6-4-16/h3-6,14-15,17H,1-2,7-13H2. The predicted molar refractivity (Wildman–Crippen MR) is 81.9 cm³/mol. The SMILES string of the molecule is c1cc(N2CCN(C3CC4CCC(C4)C3)CC2)ccn1. The molecule has 2 atom stereocenters. The van der Waals surface area contributed by atoms with Crippen molar-refractivity contribution in [2.45, 2.75) is 38.1 Å². The van der Waals surface area contributed by atoms with Crippen molar-refractivity contribution in [3.63, 3.8) is 0 Å². The van der Waals surface area contributed by atoms with Gasteiger partial charge in [-0.15, -0.1) is 0 Å². The smallest absolute Gasteiger partial charge is 0.0397 e. The van der Waals surface area contributed by atoms with Crippen molar-refractivity contribution >= 4 is 5.69 Å². The highest BCUT2D eigenvalue weighted by molar-refractivity contribution is 5.44. The van der Waals surface area contributed by atoms with Crippen LogP contribution in [-0.4, -0.2) is 42.1 Å². The molecule has 2 unspecified atom stereocenters. The first-order valence-corrected chi connectivity index (χ1v) is 8.27. The number of pyridine rings is 1. The van der Waals surface area contributed by atoms with Crippen LogP contribution in [0.4, 0.5) is 5.69 Å². The van der Waals surface area contributed by atoms with Crippen molar-refractivity contribution in [3.05, 3.63) is 24.5 Å². The van der Waals surface area contributed by atoms with E-state index in [0.717, 1.165) is 17.9 Å². The fourth-order valence-corrected chi connectivity index (χ4v) is 4.67. The fourth-order valence-electron chi connectivity index (χ4n) is 4.67. The molecule has 1 aromatic heterocycles. The Kier molecular flexibility index (Phi) is 3.39. The summed E-state index contributed by atoms with van der Waals surface area (Å²) in [6.45, 7) is 4.84. The molecular formula is C17H25N3. The van der Waals surface area contributed by atoms with Gasteiger partial charge in [0, 0.05) is 50.3 Å². The Balaban J connectivity index is 1.35. The van der Waals surface area contributed by atoms with Crippen LogP contribution in [0.25, 0.3) is 0 Å². The molecule has 0 aromatic carbocycles. The van der Waals surface area contributed by atoms with Crippen LogP contribution in [0.15, 0.2) is 24.5 Å². The molecule has 0 N–H and O–H groups in total. The van der Waals surface area contributed by atoms with Crippen LogP contribution < -0.4 is 4.90 Å². The third-order valence-electron chi connectivity index (χ3n) is 5.72. The van der Waals surface area contributed by atoms with E-state index in [2.05, 4.69) is 26.9 Å². The van der Waals surface area contributed by atoms with Crippen molar-refractivity contribution in [3.8, 4) is 0 Å². The van der Waals surface area contributed by atoms with Gasteiger partial charge >= 0.3 is 0 Å². The van der Waals surface area contributed by atoms with Gasteiger partial charge in [-0.2, -0.15) is 0 Å². The minimum Gasteiger partial charge on any atom is -0.369 e. The number of hydrogen-bond acceptors (Lipinski definition) is 3. The predicted octanol–water partition coefficient (Wildman–Crippen LogP) is 2.78. The first-order valence-electron chi connectivity index (χ1n) is 8.27. The van der Waals surface area contributed by atoms with Crippen LogP contribution in [0.5, 0.6) is 0 Å². The van der Waals surface area contributed by atoms with E-state index < -0.39 is 0 Å². The van der Waals surface area contributed by atoms with E-state index in [1.54, 1.807) is 0 Å². The van der Waals surface area contributed by atoms with Crippen LogP contribution in [0.3, 0.4) is 0 Å². The molecule has 1 saturated heterocycles. The van der Waals surface area contributed by atoms with Crippen molar-refractivity contribution in [1.29, 1.82) is 0 Å². The Hall–Kier alpha value is -1.09. The Morgan fingerprint density at radius 2 is 1.50 bits per heavy atom.